The predicted octanol–water partition coefficient (Wildman–Crippen LogP) is 3.63. The molecule has 6 nitrogen and oxygen atoms in total. The monoisotopic (exact) mass is 366 g/mol. The SMILES string of the molecule is Cc1c(Cl)cccc1OCc1cc(=O)n2[nH]c(-c3ccccn3)cc2n1. The maximum Gasteiger partial charge on any atom is 0.273 e. The van der Waals surface area contributed by atoms with Crippen LogP contribution in [0.3, 0.4) is 0 Å². The van der Waals surface area contributed by atoms with Gasteiger partial charge in [-0.2, -0.15) is 0 Å². The lowest BCUT2D eigenvalue weighted by Gasteiger charge is -2.09. The number of H-pyrrole nitrogens is 1. The molecule has 1 aromatic carbocycles. The normalized spacial score (nSPS) is 11.0. The molecule has 0 bridgehead atoms. The molecular formula is C19H15ClN4O2. The molecule has 4 rings (SSSR count). The summed E-state index contributed by atoms with van der Waals surface area (Å²) in [5.41, 5.74) is 3.16. The molecule has 0 atom stereocenters. The van der Waals surface area contributed by atoms with Gasteiger partial charge in [0.15, 0.2) is 5.65 Å². The second kappa shape index (κ2) is 6.65. The summed E-state index contributed by atoms with van der Waals surface area (Å²) >= 11 is 6.10. The Morgan fingerprint density at radius 2 is 2.08 bits per heavy atom. The Labute approximate surface area is 154 Å². The average molecular weight is 367 g/mol. The molecule has 0 saturated heterocycles. The number of aromatic amines is 1. The van der Waals surface area contributed by atoms with Gasteiger partial charge in [0.1, 0.15) is 12.4 Å². The number of aromatic nitrogens is 4. The number of nitrogens with one attached hydrogen (secondary N) is 1. The van der Waals surface area contributed by atoms with Crippen molar-refractivity contribution in [3.05, 3.63) is 81.4 Å². The van der Waals surface area contributed by atoms with E-state index >= 15 is 0 Å². The first kappa shape index (κ1) is 16.4. The van der Waals surface area contributed by atoms with Gasteiger partial charge in [-0.05, 0) is 31.2 Å². The number of benzene rings is 1. The quantitative estimate of drug-likeness (QED) is 0.598. The molecule has 130 valence electrons. The smallest absolute Gasteiger partial charge is 0.273 e. The zero-order valence-electron chi connectivity index (χ0n) is 13.9. The fourth-order valence-electron chi connectivity index (χ4n) is 2.66. The van der Waals surface area contributed by atoms with E-state index in [1.165, 1.54) is 10.6 Å². The molecule has 0 spiro atoms. The molecular weight excluding hydrogens is 352 g/mol. The number of nitrogens with zero attached hydrogens (tertiary/aromatic N) is 3. The molecule has 0 radical (unpaired) electrons. The van der Waals surface area contributed by atoms with E-state index in [0.717, 1.165) is 17.0 Å². The standard InChI is InChI=1S/C19H15ClN4O2/c1-12-14(20)5-4-7-17(12)26-11-13-9-19(25)24-18(22-13)10-16(23-24)15-6-2-3-8-21-15/h2-10,23H,11H2,1H3. The van der Waals surface area contributed by atoms with E-state index < -0.39 is 0 Å². The van der Waals surface area contributed by atoms with Gasteiger partial charge in [0.25, 0.3) is 5.56 Å². The minimum atomic E-state index is -0.210. The van der Waals surface area contributed by atoms with E-state index in [9.17, 15) is 4.79 Å². The van der Waals surface area contributed by atoms with Gasteiger partial charge < -0.3 is 4.74 Å². The highest BCUT2D eigenvalue weighted by molar-refractivity contribution is 6.31. The third kappa shape index (κ3) is 3.07. The van der Waals surface area contributed by atoms with Crippen LogP contribution >= 0.6 is 11.6 Å². The zero-order chi connectivity index (χ0) is 18.1. The summed E-state index contributed by atoms with van der Waals surface area (Å²) in [6.07, 6.45) is 1.70. The van der Waals surface area contributed by atoms with Gasteiger partial charge in [0, 0.05) is 28.9 Å². The highest BCUT2D eigenvalue weighted by Crippen LogP contribution is 2.25. The van der Waals surface area contributed by atoms with Crippen molar-refractivity contribution < 1.29 is 4.74 Å². The van der Waals surface area contributed by atoms with Crippen LogP contribution in [-0.2, 0) is 6.61 Å². The first-order chi connectivity index (χ1) is 12.6. The fraction of sp³-hybridized carbons (Fsp3) is 0.105. The minimum absolute atomic E-state index is 0.178. The zero-order valence-corrected chi connectivity index (χ0v) is 14.7. The lowest BCUT2D eigenvalue weighted by atomic mass is 10.2. The van der Waals surface area contributed by atoms with E-state index in [0.29, 0.717) is 22.1 Å². The topological polar surface area (TPSA) is 72.3 Å². The molecule has 0 aliphatic rings. The van der Waals surface area contributed by atoms with Crippen LogP contribution in [0.25, 0.3) is 17.0 Å². The number of hydrogen-bond donors (Lipinski definition) is 1. The van der Waals surface area contributed by atoms with Gasteiger partial charge in [-0.3, -0.25) is 14.9 Å². The van der Waals surface area contributed by atoms with Gasteiger partial charge in [0.2, 0.25) is 0 Å². The highest BCUT2D eigenvalue weighted by Gasteiger charge is 2.10. The molecule has 3 aromatic heterocycles. The van der Waals surface area contributed by atoms with Gasteiger partial charge in [-0.15, -0.1) is 0 Å². The third-order valence-electron chi connectivity index (χ3n) is 4.04. The molecule has 7 heteroatoms. The van der Waals surface area contributed by atoms with Crippen LogP contribution in [0.2, 0.25) is 5.02 Å². The Hall–Kier alpha value is -3.12. The van der Waals surface area contributed by atoms with Crippen LogP contribution < -0.4 is 10.3 Å². The van der Waals surface area contributed by atoms with Gasteiger partial charge in [0.05, 0.1) is 17.1 Å². The van der Waals surface area contributed by atoms with E-state index in [-0.39, 0.29) is 12.2 Å². The largest absolute Gasteiger partial charge is 0.487 e. The summed E-state index contributed by atoms with van der Waals surface area (Å²) in [7, 11) is 0. The molecule has 4 aromatic rings. The summed E-state index contributed by atoms with van der Waals surface area (Å²) in [4.78, 5) is 21.1. The van der Waals surface area contributed by atoms with Crippen molar-refractivity contribution in [2.75, 3.05) is 0 Å². The van der Waals surface area contributed by atoms with Crippen molar-refractivity contribution in [1.29, 1.82) is 0 Å². The van der Waals surface area contributed by atoms with Crippen LogP contribution in [0, 0.1) is 6.92 Å². The Morgan fingerprint density at radius 3 is 2.88 bits per heavy atom. The molecule has 26 heavy (non-hydrogen) atoms. The third-order valence-corrected chi connectivity index (χ3v) is 4.45. The minimum Gasteiger partial charge on any atom is -0.487 e. The number of halogens is 1. The molecule has 0 amide bonds. The summed E-state index contributed by atoms with van der Waals surface area (Å²) in [6, 6.07) is 14.3. The average Bonchev–Trinajstić information content (AvgIpc) is 3.08. The molecule has 0 aliphatic carbocycles. The van der Waals surface area contributed by atoms with E-state index in [1.807, 2.05) is 37.3 Å². The molecule has 0 unspecified atom stereocenters. The van der Waals surface area contributed by atoms with Crippen LogP contribution in [0.15, 0.2) is 59.5 Å². The van der Waals surface area contributed by atoms with Gasteiger partial charge >= 0.3 is 0 Å². The van der Waals surface area contributed by atoms with E-state index in [2.05, 4.69) is 15.1 Å². The molecule has 3 heterocycles. The van der Waals surface area contributed by atoms with Gasteiger partial charge in [-0.25, -0.2) is 9.50 Å². The highest BCUT2D eigenvalue weighted by atomic mass is 35.5. The van der Waals surface area contributed by atoms with E-state index in [1.54, 1.807) is 18.3 Å². The fourth-order valence-corrected chi connectivity index (χ4v) is 2.83. The van der Waals surface area contributed by atoms with Crippen molar-refractivity contribution in [3.63, 3.8) is 0 Å². The molecule has 0 saturated carbocycles. The van der Waals surface area contributed by atoms with Crippen molar-refractivity contribution >= 4 is 17.2 Å². The van der Waals surface area contributed by atoms with Crippen molar-refractivity contribution in [2.45, 2.75) is 13.5 Å². The van der Waals surface area contributed by atoms with Crippen molar-refractivity contribution in [3.8, 4) is 17.1 Å². The Morgan fingerprint density at radius 1 is 1.19 bits per heavy atom. The molecule has 1 N–H and O–H groups in total. The Bertz CT molecular complexity index is 1140. The predicted molar refractivity (Wildman–Crippen MR) is 99.6 cm³/mol. The van der Waals surface area contributed by atoms with E-state index in [4.69, 9.17) is 16.3 Å². The number of ether oxygens (including phenoxy) is 1. The van der Waals surface area contributed by atoms with Crippen LogP contribution in [0.1, 0.15) is 11.3 Å². The molecule has 0 aliphatic heterocycles. The number of rotatable bonds is 4. The van der Waals surface area contributed by atoms with Crippen LogP contribution in [-0.4, -0.2) is 19.6 Å². The second-order valence-corrected chi connectivity index (χ2v) is 6.22. The lowest BCUT2D eigenvalue weighted by Crippen LogP contribution is -2.16. The Balaban J connectivity index is 1.65. The number of fused-ring (bicyclic) bond motifs is 1. The summed E-state index contributed by atoms with van der Waals surface area (Å²) in [6.45, 7) is 2.06. The van der Waals surface area contributed by atoms with Crippen molar-refractivity contribution in [1.82, 2.24) is 19.6 Å². The lowest BCUT2D eigenvalue weighted by molar-refractivity contribution is 0.299. The Kier molecular flexibility index (Phi) is 4.18. The summed E-state index contributed by atoms with van der Waals surface area (Å²) in [5.74, 6) is 0.669. The first-order valence-electron chi connectivity index (χ1n) is 8.03. The first-order valence-corrected chi connectivity index (χ1v) is 8.40. The van der Waals surface area contributed by atoms with Crippen LogP contribution in [0.5, 0.6) is 5.75 Å². The summed E-state index contributed by atoms with van der Waals surface area (Å²) in [5, 5.41) is 3.65. The number of hydrogen-bond acceptors (Lipinski definition) is 4. The molecule has 0 fully saturated rings. The maximum absolute atomic E-state index is 12.4. The summed E-state index contributed by atoms with van der Waals surface area (Å²) < 4.78 is 7.17. The van der Waals surface area contributed by atoms with Gasteiger partial charge in [-0.1, -0.05) is 23.7 Å². The van der Waals surface area contributed by atoms with Crippen LogP contribution in [0.4, 0.5) is 0 Å². The maximum atomic E-state index is 12.4. The second-order valence-electron chi connectivity index (χ2n) is 5.82. The number of pyridine rings is 1. The van der Waals surface area contributed by atoms with Crippen molar-refractivity contribution in [2.24, 2.45) is 0 Å².